The first-order valence-electron chi connectivity index (χ1n) is 8.69. The van der Waals surface area contributed by atoms with Crippen molar-refractivity contribution < 1.29 is 27.4 Å². The van der Waals surface area contributed by atoms with Crippen molar-refractivity contribution in [2.45, 2.75) is 6.36 Å². The molecule has 0 aliphatic carbocycles. The van der Waals surface area contributed by atoms with Crippen molar-refractivity contribution in [3.63, 3.8) is 0 Å². The van der Waals surface area contributed by atoms with Gasteiger partial charge in [0.15, 0.2) is 11.6 Å². The molecule has 162 valence electrons. The number of nitrogens with two attached hydrogens (primary N) is 1. The Morgan fingerprint density at radius 1 is 1.03 bits per heavy atom. The average Bonchev–Trinajstić information content (AvgIpc) is 2.74. The van der Waals surface area contributed by atoms with Crippen molar-refractivity contribution >= 4 is 28.9 Å². The van der Waals surface area contributed by atoms with Crippen molar-refractivity contribution in [3.8, 4) is 11.5 Å². The molecule has 0 bridgehead atoms. The van der Waals surface area contributed by atoms with Crippen molar-refractivity contribution in [2.75, 3.05) is 23.6 Å². The number of aromatic nitrogens is 2. The fourth-order valence-corrected chi connectivity index (χ4v) is 2.49. The van der Waals surface area contributed by atoms with E-state index in [4.69, 9.17) is 10.5 Å². The second-order valence-corrected chi connectivity index (χ2v) is 5.96. The number of hydrazine groups is 1. The number of ether oxygens (including phenoxy) is 2. The zero-order chi connectivity index (χ0) is 22.4. The minimum atomic E-state index is -4.78. The van der Waals surface area contributed by atoms with E-state index in [1.807, 2.05) is 0 Å². The van der Waals surface area contributed by atoms with Gasteiger partial charge in [-0.3, -0.25) is 15.6 Å². The van der Waals surface area contributed by atoms with E-state index in [1.165, 1.54) is 25.6 Å². The van der Waals surface area contributed by atoms with Crippen LogP contribution in [0.15, 0.2) is 54.9 Å². The Labute approximate surface area is 174 Å². The third kappa shape index (κ3) is 5.65. The first-order valence-corrected chi connectivity index (χ1v) is 8.69. The van der Waals surface area contributed by atoms with Crippen LogP contribution in [0.25, 0.3) is 0 Å². The van der Waals surface area contributed by atoms with Crippen LogP contribution >= 0.6 is 0 Å². The highest BCUT2D eigenvalue weighted by atomic mass is 19.4. The van der Waals surface area contributed by atoms with Gasteiger partial charge in [-0.15, -0.1) is 13.2 Å². The van der Waals surface area contributed by atoms with Crippen molar-refractivity contribution in [2.24, 2.45) is 0 Å². The first kappa shape index (κ1) is 21.5. The molecule has 0 saturated heterocycles. The molecule has 1 aromatic heterocycles. The number of methoxy groups -OCH3 is 1. The topological polar surface area (TPSA) is 123 Å². The highest BCUT2D eigenvalue weighted by molar-refractivity contribution is 5.97. The van der Waals surface area contributed by atoms with E-state index < -0.39 is 12.3 Å². The van der Waals surface area contributed by atoms with Gasteiger partial charge in [-0.05, 0) is 36.4 Å². The Hall–Kier alpha value is -4.22. The van der Waals surface area contributed by atoms with Gasteiger partial charge in [-0.25, -0.2) is 9.97 Å². The van der Waals surface area contributed by atoms with Gasteiger partial charge >= 0.3 is 6.36 Å². The summed E-state index contributed by atoms with van der Waals surface area (Å²) >= 11 is 0. The normalized spacial score (nSPS) is 10.8. The largest absolute Gasteiger partial charge is 0.573 e. The predicted molar refractivity (Wildman–Crippen MR) is 107 cm³/mol. The maximum Gasteiger partial charge on any atom is 0.573 e. The number of halogens is 3. The molecule has 9 nitrogen and oxygen atoms in total. The van der Waals surface area contributed by atoms with E-state index in [0.717, 1.165) is 12.1 Å². The summed E-state index contributed by atoms with van der Waals surface area (Å²) in [5.74, 6) is -0.176. The fraction of sp³-hybridized carbons (Fsp3) is 0.105. The molecule has 0 saturated carbocycles. The van der Waals surface area contributed by atoms with E-state index in [9.17, 15) is 18.0 Å². The highest BCUT2D eigenvalue weighted by Crippen LogP contribution is 2.28. The van der Waals surface area contributed by atoms with Gasteiger partial charge in [0.2, 0.25) is 0 Å². The molecule has 3 rings (SSSR count). The van der Waals surface area contributed by atoms with Crippen LogP contribution in [0.1, 0.15) is 10.4 Å². The van der Waals surface area contributed by atoms with E-state index in [1.54, 1.807) is 24.3 Å². The molecule has 3 aromatic rings. The Morgan fingerprint density at radius 2 is 1.71 bits per heavy atom. The predicted octanol–water partition coefficient (Wildman–Crippen LogP) is 3.47. The van der Waals surface area contributed by atoms with Crippen LogP contribution in [0, 0.1) is 0 Å². The molecule has 0 aliphatic heterocycles. The van der Waals surface area contributed by atoms with Gasteiger partial charge in [0.25, 0.3) is 5.91 Å². The molecule has 0 fully saturated rings. The van der Waals surface area contributed by atoms with E-state index in [-0.39, 0.29) is 23.1 Å². The fourth-order valence-electron chi connectivity index (χ4n) is 2.49. The number of nitrogens with one attached hydrogen (secondary N) is 3. The smallest absolute Gasteiger partial charge is 0.496 e. The van der Waals surface area contributed by atoms with Gasteiger partial charge in [-0.1, -0.05) is 12.1 Å². The molecule has 1 amide bonds. The minimum Gasteiger partial charge on any atom is -0.496 e. The van der Waals surface area contributed by atoms with E-state index in [0.29, 0.717) is 17.0 Å². The van der Waals surface area contributed by atoms with Crippen LogP contribution in [0.3, 0.4) is 0 Å². The van der Waals surface area contributed by atoms with E-state index >= 15 is 0 Å². The maximum atomic E-state index is 12.4. The molecule has 5 N–H and O–H groups in total. The van der Waals surface area contributed by atoms with Crippen LogP contribution < -0.4 is 31.4 Å². The van der Waals surface area contributed by atoms with Crippen LogP contribution in [-0.4, -0.2) is 29.3 Å². The number of carbonyl (C=O) groups is 1. The molecular weight excluding hydrogens is 417 g/mol. The zero-order valence-electron chi connectivity index (χ0n) is 16.0. The number of carbonyl (C=O) groups excluding carboxylic acids is 1. The number of alkyl halides is 3. The minimum absolute atomic E-state index is 0.0680. The number of benzene rings is 2. The molecule has 0 spiro atoms. The van der Waals surface area contributed by atoms with Crippen LogP contribution in [0.5, 0.6) is 11.5 Å². The lowest BCUT2D eigenvalue weighted by molar-refractivity contribution is -0.274. The molecule has 2 aromatic carbocycles. The number of anilines is 4. The summed E-state index contributed by atoms with van der Waals surface area (Å²) in [7, 11) is 1.45. The molecule has 31 heavy (non-hydrogen) atoms. The highest BCUT2D eigenvalue weighted by Gasteiger charge is 2.31. The van der Waals surface area contributed by atoms with Crippen LogP contribution in [0.4, 0.5) is 36.2 Å². The molecule has 1 heterocycles. The second-order valence-electron chi connectivity index (χ2n) is 5.96. The van der Waals surface area contributed by atoms with Crippen molar-refractivity contribution in [3.05, 3.63) is 60.4 Å². The first-order chi connectivity index (χ1) is 14.8. The molecule has 0 unspecified atom stereocenters. The second kappa shape index (κ2) is 9.07. The van der Waals surface area contributed by atoms with Gasteiger partial charge in [0.05, 0.1) is 12.7 Å². The standard InChI is InChI=1S/C19H17F3N6O3/c1-30-14-5-3-2-4-13(14)18(29)28-27-17-15(23)16(24-10-25-17)26-11-6-8-12(9-7-11)31-19(20,21)22/h2-10H,23H2,1H3,(H,28,29)(H2,24,25,26,27). The summed E-state index contributed by atoms with van der Waals surface area (Å²) in [5.41, 5.74) is 11.9. The maximum absolute atomic E-state index is 12.4. The van der Waals surface area contributed by atoms with Gasteiger partial charge in [0, 0.05) is 5.69 Å². The van der Waals surface area contributed by atoms with E-state index in [2.05, 4.69) is 30.9 Å². The third-order valence-corrected chi connectivity index (χ3v) is 3.88. The molecule has 0 aliphatic rings. The summed E-state index contributed by atoms with van der Waals surface area (Å²) in [6.45, 7) is 0. The Bertz CT molecular complexity index is 1060. The summed E-state index contributed by atoms with van der Waals surface area (Å²) in [5, 5.41) is 2.85. The Kier molecular flexibility index (Phi) is 6.29. The number of para-hydroxylation sites is 1. The molecule has 0 atom stereocenters. The number of amides is 1. The lowest BCUT2D eigenvalue weighted by Crippen LogP contribution is -2.30. The number of nitrogen functional groups attached to an aromatic ring is 1. The number of nitrogens with zero attached hydrogens (tertiary/aromatic N) is 2. The SMILES string of the molecule is COc1ccccc1C(=O)NNc1ncnc(Nc2ccc(OC(F)(F)F)cc2)c1N. The lowest BCUT2D eigenvalue weighted by Gasteiger charge is -2.14. The molecular formula is C19H17F3N6O3. The quantitative estimate of drug-likeness (QED) is 0.417. The summed E-state index contributed by atoms with van der Waals surface area (Å²) in [6, 6.07) is 11.6. The molecule has 0 radical (unpaired) electrons. The number of hydrogen-bond acceptors (Lipinski definition) is 8. The third-order valence-electron chi connectivity index (χ3n) is 3.88. The number of hydrogen-bond donors (Lipinski definition) is 4. The monoisotopic (exact) mass is 434 g/mol. The zero-order valence-corrected chi connectivity index (χ0v) is 16.0. The van der Waals surface area contributed by atoms with Crippen molar-refractivity contribution in [1.82, 2.24) is 15.4 Å². The summed E-state index contributed by atoms with van der Waals surface area (Å²) in [4.78, 5) is 20.3. The van der Waals surface area contributed by atoms with Gasteiger partial charge in [0.1, 0.15) is 23.5 Å². The molecule has 12 heteroatoms. The average molecular weight is 434 g/mol. The number of rotatable bonds is 7. The van der Waals surface area contributed by atoms with Gasteiger partial charge < -0.3 is 20.5 Å². The Morgan fingerprint density at radius 3 is 2.39 bits per heavy atom. The van der Waals surface area contributed by atoms with Crippen molar-refractivity contribution in [1.29, 1.82) is 0 Å². The van der Waals surface area contributed by atoms with Crippen LogP contribution in [-0.2, 0) is 0 Å². The summed E-state index contributed by atoms with van der Waals surface area (Å²) in [6.07, 6.45) is -3.59. The summed E-state index contributed by atoms with van der Waals surface area (Å²) < 4.78 is 45.7. The Balaban J connectivity index is 1.68. The van der Waals surface area contributed by atoms with Gasteiger partial charge in [-0.2, -0.15) is 0 Å². The lowest BCUT2D eigenvalue weighted by atomic mass is 10.2. The van der Waals surface area contributed by atoms with Crippen LogP contribution in [0.2, 0.25) is 0 Å².